The molecule has 0 spiro atoms. The van der Waals surface area contributed by atoms with Crippen LogP contribution in [-0.2, 0) is 34.1 Å². The smallest absolute Gasteiger partial charge is 0.264 e. The fraction of sp³-hybridized carbons (Fsp3) is 0.500. The Kier molecular flexibility index (Phi) is 6.02. The molecule has 0 bridgehead atoms. The lowest BCUT2D eigenvalue weighted by Crippen LogP contribution is -2.32. The molecule has 0 heterocycles. The van der Waals surface area contributed by atoms with E-state index < -0.39 is 15.9 Å². The van der Waals surface area contributed by atoms with E-state index in [0.29, 0.717) is 12.8 Å². The number of amides is 1. The van der Waals surface area contributed by atoms with Gasteiger partial charge in [0.25, 0.3) is 10.0 Å². The quantitative estimate of drug-likeness (QED) is 0.820. The molecule has 0 radical (unpaired) electrons. The van der Waals surface area contributed by atoms with Crippen LogP contribution in [0.4, 0.5) is 0 Å². The maximum Gasteiger partial charge on any atom is 0.264 e. The summed E-state index contributed by atoms with van der Waals surface area (Å²) in [5.74, 6) is -1.09. The lowest BCUT2D eigenvalue weighted by molar-refractivity contribution is -0.116. The van der Waals surface area contributed by atoms with Crippen LogP contribution in [0.3, 0.4) is 0 Å². The molecule has 20 heavy (non-hydrogen) atoms. The Labute approximate surface area is 125 Å². The molecule has 1 N–H and O–H groups in total. The zero-order valence-corrected chi connectivity index (χ0v) is 13.6. The first kappa shape index (κ1) is 17.0. The molecule has 0 aliphatic rings. The van der Waals surface area contributed by atoms with Gasteiger partial charge in [0.15, 0.2) is 0 Å². The lowest BCUT2D eigenvalue weighted by atomic mass is 10.0. The van der Waals surface area contributed by atoms with Crippen LogP contribution >= 0.6 is 11.6 Å². The van der Waals surface area contributed by atoms with Crippen molar-refractivity contribution in [2.75, 3.05) is 5.88 Å². The molecule has 112 valence electrons. The van der Waals surface area contributed by atoms with Gasteiger partial charge in [0.05, 0.1) is 4.90 Å². The second-order valence-electron chi connectivity index (χ2n) is 4.47. The molecule has 0 aliphatic heterocycles. The van der Waals surface area contributed by atoms with E-state index in [1.54, 1.807) is 0 Å². The zero-order chi connectivity index (χ0) is 15.3. The summed E-state index contributed by atoms with van der Waals surface area (Å²) in [7, 11) is -3.87. The van der Waals surface area contributed by atoms with Crippen LogP contribution in [0.2, 0.25) is 0 Å². The first-order valence-electron chi connectivity index (χ1n) is 6.65. The van der Waals surface area contributed by atoms with Crippen LogP contribution in [0, 0.1) is 0 Å². The van der Waals surface area contributed by atoms with Crippen molar-refractivity contribution in [1.82, 2.24) is 4.72 Å². The molecule has 0 saturated carbocycles. The van der Waals surface area contributed by atoms with Crippen LogP contribution in [0.5, 0.6) is 0 Å². The summed E-state index contributed by atoms with van der Waals surface area (Å²) >= 11 is 5.36. The van der Waals surface area contributed by atoms with Crippen molar-refractivity contribution in [1.29, 1.82) is 0 Å². The summed E-state index contributed by atoms with van der Waals surface area (Å²) < 4.78 is 26.8. The highest BCUT2D eigenvalue weighted by Crippen LogP contribution is 2.24. The van der Waals surface area contributed by atoms with Crippen molar-refractivity contribution in [3.8, 4) is 0 Å². The number of aryl methyl sites for hydroxylation is 3. The second-order valence-corrected chi connectivity index (χ2v) is 6.35. The van der Waals surface area contributed by atoms with Gasteiger partial charge in [0, 0.05) is 0 Å². The number of sulfonamides is 1. The average molecular weight is 318 g/mol. The molecule has 1 aromatic rings. The number of rotatable bonds is 6. The zero-order valence-electron chi connectivity index (χ0n) is 12.0. The fourth-order valence-electron chi connectivity index (χ4n) is 2.13. The van der Waals surface area contributed by atoms with Gasteiger partial charge in [-0.3, -0.25) is 4.79 Å². The molecular formula is C14H20ClNO3S. The number of carbonyl (C=O) groups excluding carboxylic acids is 1. The minimum atomic E-state index is -3.87. The summed E-state index contributed by atoms with van der Waals surface area (Å²) in [5.41, 5.74) is 2.56. The molecule has 1 amide bonds. The van der Waals surface area contributed by atoms with Crippen LogP contribution in [-0.4, -0.2) is 20.2 Å². The Morgan fingerprint density at radius 3 is 1.95 bits per heavy atom. The second kappa shape index (κ2) is 7.09. The first-order valence-corrected chi connectivity index (χ1v) is 8.67. The molecule has 6 heteroatoms. The van der Waals surface area contributed by atoms with Crippen molar-refractivity contribution >= 4 is 27.5 Å². The van der Waals surface area contributed by atoms with Gasteiger partial charge in [0.1, 0.15) is 5.88 Å². The van der Waals surface area contributed by atoms with Gasteiger partial charge in [-0.15, -0.1) is 11.6 Å². The van der Waals surface area contributed by atoms with E-state index in [2.05, 4.69) is 0 Å². The van der Waals surface area contributed by atoms with Gasteiger partial charge in [-0.05, 0) is 36.0 Å². The van der Waals surface area contributed by atoms with E-state index in [1.165, 1.54) is 0 Å². The summed E-state index contributed by atoms with van der Waals surface area (Å²) in [6.07, 6.45) is 2.02. The molecule has 0 fully saturated rings. The van der Waals surface area contributed by atoms with Gasteiger partial charge >= 0.3 is 0 Å². The number of hydrogen-bond donors (Lipinski definition) is 1. The Morgan fingerprint density at radius 1 is 1.10 bits per heavy atom. The number of hydrogen-bond acceptors (Lipinski definition) is 3. The Hall–Kier alpha value is -1.07. The molecular weight excluding hydrogens is 298 g/mol. The van der Waals surface area contributed by atoms with Crippen molar-refractivity contribution in [2.24, 2.45) is 0 Å². The molecule has 1 rings (SSSR count). The van der Waals surface area contributed by atoms with Gasteiger partial charge < -0.3 is 0 Å². The van der Waals surface area contributed by atoms with Gasteiger partial charge in [-0.2, -0.15) is 0 Å². The highest BCUT2D eigenvalue weighted by atomic mass is 35.5. The fourth-order valence-corrected chi connectivity index (χ4v) is 3.85. The number of alkyl halides is 1. The van der Waals surface area contributed by atoms with E-state index in [9.17, 15) is 13.2 Å². The maximum atomic E-state index is 12.4. The first-order chi connectivity index (χ1) is 9.39. The third-order valence-electron chi connectivity index (χ3n) is 3.11. The van der Waals surface area contributed by atoms with Crippen molar-refractivity contribution in [3.05, 3.63) is 28.8 Å². The van der Waals surface area contributed by atoms with E-state index in [-0.39, 0.29) is 10.8 Å². The minimum Gasteiger partial charge on any atom is -0.273 e. The average Bonchev–Trinajstić information content (AvgIpc) is 2.44. The third-order valence-corrected chi connectivity index (χ3v) is 4.91. The van der Waals surface area contributed by atoms with Crippen LogP contribution < -0.4 is 4.72 Å². The standard InChI is InChI=1S/C14H20ClNO3S/c1-4-10-7-11(5-2)14(12(6-3)8-10)20(18,19)16-13(17)9-15/h7-8H,4-6,9H2,1-3H3,(H,16,17). The largest absolute Gasteiger partial charge is 0.273 e. The Morgan fingerprint density at radius 2 is 1.60 bits per heavy atom. The molecule has 4 nitrogen and oxygen atoms in total. The minimum absolute atomic E-state index is 0.221. The van der Waals surface area contributed by atoms with Gasteiger partial charge in [-0.1, -0.05) is 32.9 Å². The van der Waals surface area contributed by atoms with Crippen LogP contribution in [0.1, 0.15) is 37.5 Å². The van der Waals surface area contributed by atoms with E-state index >= 15 is 0 Å². The maximum absolute atomic E-state index is 12.4. The van der Waals surface area contributed by atoms with Crippen molar-refractivity contribution in [3.63, 3.8) is 0 Å². The number of benzene rings is 1. The van der Waals surface area contributed by atoms with Crippen LogP contribution in [0.25, 0.3) is 0 Å². The monoisotopic (exact) mass is 317 g/mol. The molecule has 0 unspecified atom stereocenters. The SMILES string of the molecule is CCc1cc(CC)c(S(=O)(=O)NC(=O)CCl)c(CC)c1. The topological polar surface area (TPSA) is 63.2 Å². The van der Waals surface area contributed by atoms with Crippen LogP contribution in [0.15, 0.2) is 17.0 Å². The van der Waals surface area contributed by atoms with Crippen molar-refractivity contribution in [2.45, 2.75) is 44.9 Å². The summed E-state index contributed by atoms with van der Waals surface area (Å²) in [6.45, 7) is 5.82. The lowest BCUT2D eigenvalue weighted by Gasteiger charge is -2.16. The predicted octanol–water partition coefficient (Wildman–Crippen LogP) is 2.42. The Balaban J connectivity index is 3.45. The summed E-state index contributed by atoms with van der Waals surface area (Å²) in [6, 6.07) is 3.78. The number of carbonyl (C=O) groups is 1. The molecule has 0 aliphatic carbocycles. The normalized spacial score (nSPS) is 11.4. The number of halogens is 1. The van der Waals surface area contributed by atoms with E-state index in [4.69, 9.17) is 11.6 Å². The summed E-state index contributed by atoms with van der Waals surface area (Å²) in [4.78, 5) is 11.5. The third kappa shape index (κ3) is 3.73. The molecule has 0 saturated heterocycles. The highest BCUT2D eigenvalue weighted by molar-refractivity contribution is 7.90. The molecule has 0 atom stereocenters. The van der Waals surface area contributed by atoms with E-state index in [0.717, 1.165) is 23.1 Å². The Bertz CT molecular complexity index is 571. The predicted molar refractivity (Wildman–Crippen MR) is 80.6 cm³/mol. The molecule has 1 aromatic carbocycles. The van der Waals surface area contributed by atoms with Gasteiger partial charge in [0.2, 0.25) is 5.91 Å². The van der Waals surface area contributed by atoms with Gasteiger partial charge in [-0.25, -0.2) is 13.1 Å². The highest BCUT2D eigenvalue weighted by Gasteiger charge is 2.23. The summed E-state index contributed by atoms with van der Waals surface area (Å²) in [5, 5.41) is 0. The molecule has 0 aromatic heterocycles. The van der Waals surface area contributed by atoms with Crippen molar-refractivity contribution < 1.29 is 13.2 Å². The van der Waals surface area contributed by atoms with E-state index in [1.807, 2.05) is 37.6 Å². The number of nitrogens with one attached hydrogen (secondary N) is 1.